The first kappa shape index (κ1) is 22.6. The molecular weight excluding hydrogens is 374 g/mol. The van der Waals surface area contributed by atoms with Crippen molar-refractivity contribution in [3.63, 3.8) is 0 Å². The number of anilines is 1. The van der Waals surface area contributed by atoms with Gasteiger partial charge in [0.25, 0.3) is 0 Å². The maximum Gasteiger partial charge on any atom is 0.227 e. The molecule has 0 unspecified atom stereocenters. The van der Waals surface area contributed by atoms with Gasteiger partial charge in [-0.25, -0.2) is 4.99 Å². The topological polar surface area (TPSA) is 60.0 Å². The van der Waals surface area contributed by atoms with Gasteiger partial charge in [-0.05, 0) is 76.4 Å². The Labute approximate surface area is 182 Å². The fourth-order valence-corrected chi connectivity index (χ4v) is 4.24. The van der Waals surface area contributed by atoms with E-state index in [0.717, 1.165) is 43.3 Å². The van der Waals surface area contributed by atoms with Crippen LogP contribution in [0.2, 0.25) is 0 Å². The first-order valence-electron chi connectivity index (χ1n) is 11.9. The summed E-state index contributed by atoms with van der Waals surface area (Å²) in [6.45, 7) is 9.24. The molecule has 2 saturated heterocycles. The second-order valence-corrected chi connectivity index (χ2v) is 8.40. The van der Waals surface area contributed by atoms with E-state index >= 15 is 0 Å². The van der Waals surface area contributed by atoms with E-state index in [1.165, 1.54) is 58.2 Å². The number of benzene rings is 1. The van der Waals surface area contributed by atoms with Crippen LogP contribution in [0.5, 0.6) is 0 Å². The predicted molar refractivity (Wildman–Crippen MR) is 125 cm³/mol. The van der Waals surface area contributed by atoms with Crippen LogP contribution in [-0.2, 0) is 11.3 Å². The summed E-state index contributed by atoms with van der Waals surface area (Å²) in [7, 11) is 0. The molecule has 2 N–H and O–H groups in total. The zero-order valence-electron chi connectivity index (χ0n) is 18.7. The molecule has 0 atom stereocenters. The van der Waals surface area contributed by atoms with Crippen LogP contribution in [0.15, 0.2) is 29.3 Å². The molecule has 0 bridgehead atoms. The van der Waals surface area contributed by atoms with Crippen LogP contribution in [0, 0.1) is 0 Å². The Morgan fingerprint density at radius 3 is 2.47 bits per heavy atom. The summed E-state index contributed by atoms with van der Waals surface area (Å²) in [5.41, 5.74) is 2.16. The van der Waals surface area contributed by atoms with Crippen LogP contribution in [0.3, 0.4) is 0 Å². The highest BCUT2D eigenvalue weighted by Crippen LogP contribution is 2.21. The molecule has 0 saturated carbocycles. The summed E-state index contributed by atoms with van der Waals surface area (Å²) in [4.78, 5) is 21.1. The van der Waals surface area contributed by atoms with Gasteiger partial charge in [-0.3, -0.25) is 4.79 Å². The number of guanidine groups is 1. The molecule has 0 radical (unpaired) electrons. The highest BCUT2D eigenvalue weighted by Gasteiger charge is 2.21. The van der Waals surface area contributed by atoms with Crippen LogP contribution < -0.4 is 15.5 Å². The van der Waals surface area contributed by atoms with Gasteiger partial charge in [0.15, 0.2) is 5.96 Å². The lowest BCUT2D eigenvalue weighted by Gasteiger charge is -2.26. The summed E-state index contributed by atoms with van der Waals surface area (Å²) < 4.78 is 0. The predicted octanol–water partition coefficient (Wildman–Crippen LogP) is 3.52. The molecule has 166 valence electrons. The zero-order valence-corrected chi connectivity index (χ0v) is 18.7. The largest absolute Gasteiger partial charge is 0.357 e. The smallest absolute Gasteiger partial charge is 0.227 e. The van der Waals surface area contributed by atoms with Crippen LogP contribution in [0.4, 0.5) is 5.69 Å². The summed E-state index contributed by atoms with van der Waals surface area (Å²) in [6, 6.07) is 8.23. The van der Waals surface area contributed by atoms with Crippen molar-refractivity contribution >= 4 is 17.6 Å². The van der Waals surface area contributed by atoms with Crippen molar-refractivity contribution in [2.75, 3.05) is 44.2 Å². The number of carbonyl (C=O) groups is 1. The minimum absolute atomic E-state index is 0.232. The Morgan fingerprint density at radius 1 is 0.967 bits per heavy atom. The Hall–Kier alpha value is -2.08. The van der Waals surface area contributed by atoms with Crippen molar-refractivity contribution in [1.82, 2.24) is 15.5 Å². The van der Waals surface area contributed by atoms with Gasteiger partial charge in [0.1, 0.15) is 0 Å². The fraction of sp³-hybridized carbons (Fsp3) is 0.667. The molecule has 1 amide bonds. The third-order valence-corrected chi connectivity index (χ3v) is 5.98. The third-order valence-electron chi connectivity index (χ3n) is 5.98. The minimum Gasteiger partial charge on any atom is -0.357 e. The van der Waals surface area contributed by atoms with Crippen molar-refractivity contribution < 1.29 is 4.79 Å². The average Bonchev–Trinajstić information content (AvgIpc) is 3.21. The number of rotatable bonds is 10. The molecule has 2 fully saturated rings. The molecule has 2 heterocycles. The fourth-order valence-electron chi connectivity index (χ4n) is 4.24. The monoisotopic (exact) mass is 413 g/mol. The molecule has 2 aliphatic rings. The Morgan fingerprint density at radius 2 is 1.77 bits per heavy atom. The second kappa shape index (κ2) is 12.6. The van der Waals surface area contributed by atoms with Gasteiger partial charge >= 0.3 is 0 Å². The molecule has 1 aromatic carbocycles. The van der Waals surface area contributed by atoms with Gasteiger partial charge in [0.2, 0.25) is 5.91 Å². The molecule has 0 aromatic heterocycles. The molecule has 2 aliphatic heterocycles. The van der Waals surface area contributed by atoms with Crippen LogP contribution in [0.1, 0.15) is 63.9 Å². The Bertz CT molecular complexity index is 667. The molecule has 6 heteroatoms. The van der Waals surface area contributed by atoms with Crippen LogP contribution >= 0.6 is 0 Å². The average molecular weight is 414 g/mol. The number of amides is 1. The molecule has 6 nitrogen and oxygen atoms in total. The van der Waals surface area contributed by atoms with Crippen molar-refractivity contribution in [2.45, 2.75) is 64.8 Å². The molecule has 1 aromatic rings. The number of piperidine rings is 1. The number of carbonyl (C=O) groups excluding carboxylic acids is 1. The van der Waals surface area contributed by atoms with Gasteiger partial charge in [-0.2, -0.15) is 0 Å². The normalized spacial score (nSPS) is 18.1. The summed E-state index contributed by atoms with van der Waals surface area (Å²) in [5.74, 6) is 1.11. The summed E-state index contributed by atoms with van der Waals surface area (Å²) >= 11 is 0. The van der Waals surface area contributed by atoms with E-state index in [1.54, 1.807) is 0 Å². The van der Waals surface area contributed by atoms with Crippen molar-refractivity contribution in [3.8, 4) is 0 Å². The quantitative estimate of drug-likeness (QED) is 0.350. The number of aliphatic imine (C=N–C) groups is 1. The van der Waals surface area contributed by atoms with E-state index in [2.05, 4.69) is 34.6 Å². The lowest BCUT2D eigenvalue weighted by Crippen LogP contribution is -2.37. The SMILES string of the molecule is CCNC(=NCc1ccc(N2CCCC2=O)cc1)NCCCCCN1CCCCC1. The first-order chi connectivity index (χ1) is 14.8. The highest BCUT2D eigenvalue weighted by atomic mass is 16.2. The van der Waals surface area contributed by atoms with E-state index in [-0.39, 0.29) is 5.91 Å². The summed E-state index contributed by atoms with van der Waals surface area (Å²) in [6.07, 6.45) is 9.53. The van der Waals surface area contributed by atoms with E-state index in [4.69, 9.17) is 4.99 Å². The standard InChI is InChI=1S/C24H39N5O/c1-2-25-24(26-15-5-3-6-16-28-17-7-4-8-18-28)27-20-21-11-13-22(14-12-21)29-19-9-10-23(29)30/h11-14H,2-10,15-20H2,1H3,(H2,25,26,27). The van der Waals surface area contributed by atoms with E-state index in [9.17, 15) is 4.79 Å². The van der Waals surface area contributed by atoms with Gasteiger partial charge in [0, 0.05) is 31.7 Å². The number of likely N-dealkylation sites (tertiary alicyclic amines) is 1. The van der Waals surface area contributed by atoms with Crippen molar-refractivity contribution in [1.29, 1.82) is 0 Å². The minimum atomic E-state index is 0.232. The highest BCUT2D eigenvalue weighted by molar-refractivity contribution is 5.95. The first-order valence-corrected chi connectivity index (χ1v) is 11.9. The number of hydrogen-bond acceptors (Lipinski definition) is 3. The molecule has 30 heavy (non-hydrogen) atoms. The maximum atomic E-state index is 11.9. The number of nitrogens with zero attached hydrogens (tertiary/aromatic N) is 3. The van der Waals surface area contributed by atoms with E-state index < -0.39 is 0 Å². The Balaban J connectivity index is 1.36. The molecule has 0 aliphatic carbocycles. The van der Waals surface area contributed by atoms with Crippen LogP contribution in [0.25, 0.3) is 0 Å². The molecular formula is C24H39N5O. The zero-order chi connectivity index (χ0) is 21.0. The van der Waals surface area contributed by atoms with Gasteiger partial charge in [-0.1, -0.05) is 25.0 Å². The van der Waals surface area contributed by atoms with Gasteiger partial charge in [0.05, 0.1) is 6.54 Å². The van der Waals surface area contributed by atoms with E-state index in [0.29, 0.717) is 13.0 Å². The molecule has 0 spiro atoms. The number of unbranched alkanes of at least 4 members (excludes halogenated alkanes) is 2. The second-order valence-electron chi connectivity index (χ2n) is 8.40. The van der Waals surface area contributed by atoms with Gasteiger partial charge in [-0.15, -0.1) is 0 Å². The number of hydrogen-bond donors (Lipinski definition) is 2. The maximum absolute atomic E-state index is 11.9. The van der Waals surface area contributed by atoms with Crippen molar-refractivity contribution in [3.05, 3.63) is 29.8 Å². The van der Waals surface area contributed by atoms with Crippen LogP contribution in [-0.4, -0.2) is 56.0 Å². The lowest BCUT2D eigenvalue weighted by atomic mass is 10.1. The third kappa shape index (κ3) is 7.31. The Kier molecular flexibility index (Phi) is 9.48. The van der Waals surface area contributed by atoms with E-state index in [1.807, 2.05) is 17.0 Å². The van der Waals surface area contributed by atoms with Crippen molar-refractivity contribution in [2.24, 2.45) is 4.99 Å². The van der Waals surface area contributed by atoms with Gasteiger partial charge < -0.3 is 20.4 Å². The summed E-state index contributed by atoms with van der Waals surface area (Å²) in [5, 5.41) is 6.80. The number of nitrogens with one attached hydrogen (secondary N) is 2. The lowest BCUT2D eigenvalue weighted by molar-refractivity contribution is -0.117. The molecule has 3 rings (SSSR count).